The van der Waals surface area contributed by atoms with Gasteiger partial charge in [-0.1, -0.05) is 6.07 Å². The number of hydrazine groups is 1. The van der Waals surface area contributed by atoms with Crippen molar-refractivity contribution in [3.63, 3.8) is 0 Å². The summed E-state index contributed by atoms with van der Waals surface area (Å²) in [5, 5.41) is 0. The summed E-state index contributed by atoms with van der Waals surface area (Å²) in [6, 6.07) is 8.46. The normalized spacial score (nSPS) is 11.2. The number of pyridine rings is 1. The Labute approximate surface area is 118 Å². The summed E-state index contributed by atoms with van der Waals surface area (Å²) in [5.41, 5.74) is 4.74. The Hall–Kier alpha value is -2.12. The van der Waals surface area contributed by atoms with E-state index >= 15 is 0 Å². The van der Waals surface area contributed by atoms with Crippen LogP contribution in [0.15, 0.2) is 41.4 Å². The molecular formula is C13H16N4O2S. The van der Waals surface area contributed by atoms with E-state index in [1.807, 2.05) is 19.9 Å². The fourth-order valence-electron chi connectivity index (χ4n) is 1.96. The number of benzene rings is 1. The van der Waals surface area contributed by atoms with E-state index in [2.05, 4.69) is 15.1 Å². The van der Waals surface area contributed by atoms with Gasteiger partial charge >= 0.3 is 0 Å². The summed E-state index contributed by atoms with van der Waals surface area (Å²) in [6.45, 7) is 3.81. The minimum atomic E-state index is -3.74. The van der Waals surface area contributed by atoms with Crippen LogP contribution in [0.2, 0.25) is 0 Å². The Morgan fingerprint density at radius 2 is 1.80 bits per heavy atom. The van der Waals surface area contributed by atoms with Gasteiger partial charge in [0.05, 0.1) is 0 Å². The maximum atomic E-state index is 12.4. The first-order valence-electron chi connectivity index (χ1n) is 5.95. The molecule has 0 bridgehead atoms. The van der Waals surface area contributed by atoms with Crippen LogP contribution in [0.4, 0.5) is 11.5 Å². The monoisotopic (exact) mass is 292 g/mol. The van der Waals surface area contributed by atoms with Gasteiger partial charge in [-0.15, -0.1) is 0 Å². The van der Waals surface area contributed by atoms with Crippen molar-refractivity contribution in [1.29, 1.82) is 0 Å². The molecule has 106 valence electrons. The summed E-state index contributed by atoms with van der Waals surface area (Å²) in [4.78, 5) is 3.89. The van der Waals surface area contributed by atoms with Crippen LogP contribution in [0.25, 0.3) is 0 Å². The molecule has 0 fully saturated rings. The molecule has 0 aliphatic carbocycles. The third-order valence-electron chi connectivity index (χ3n) is 2.67. The number of nitrogen functional groups attached to an aromatic ring is 1. The zero-order valence-electron chi connectivity index (χ0n) is 11.2. The number of aromatic nitrogens is 1. The third kappa shape index (κ3) is 3.06. The fraction of sp³-hybridized carbons (Fsp3) is 0.154. The van der Waals surface area contributed by atoms with Gasteiger partial charge in [0.2, 0.25) is 0 Å². The van der Waals surface area contributed by atoms with Crippen LogP contribution in [-0.4, -0.2) is 13.4 Å². The van der Waals surface area contributed by atoms with Crippen LogP contribution in [0.5, 0.6) is 0 Å². The van der Waals surface area contributed by atoms with E-state index in [1.165, 1.54) is 18.3 Å². The predicted octanol–water partition coefficient (Wildman–Crippen LogP) is 1.78. The Balaban J connectivity index is 2.41. The van der Waals surface area contributed by atoms with Gasteiger partial charge in [-0.05, 0) is 49.2 Å². The number of aryl methyl sites for hydroxylation is 2. The summed E-state index contributed by atoms with van der Waals surface area (Å²) < 4.78 is 27.2. The van der Waals surface area contributed by atoms with Gasteiger partial charge in [0.1, 0.15) is 4.90 Å². The first-order valence-corrected chi connectivity index (χ1v) is 7.43. The molecule has 0 aliphatic heterocycles. The molecule has 0 saturated carbocycles. The smallest absolute Gasteiger partial charge is 0.265 e. The molecule has 0 atom stereocenters. The molecule has 0 aliphatic rings. The van der Waals surface area contributed by atoms with Crippen LogP contribution in [0.1, 0.15) is 11.1 Å². The lowest BCUT2D eigenvalue weighted by molar-refractivity contribution is 0.601. The summed E-state index contributed by atoms with van der Waals surface area (Å²) in [6.07, 6.45) is 1.46. The van der Waals surface area contributed by atoms with Crippen molar-refractivity contribution in [2.75, 3.05) is 10.1 Å². The first-order chi connectivity index (χ1) is 9.42. The fourth-order valence-corrected chi connectivity index (χ4v) is 3.12. The van der Waals surface area contributed by atoms with Crippen molar-refractivity contribution in [2.45, 2.75) is 18.7 Å². The van der Waals surface area contributed by atoms with Crippen molar-refractivity contribution in [1.82, 2.24) is 4.98 Å². The van der Waals surface area contributed by atoms with Gasteiger partial charge < -0.3 is 5.43 Å². The minimum Gasteiger partial charge on any atom is -0.307 e. The molecule has 1 aromatic carbocycles. The number of anilines is 2. The van der Waals surface area contributed by atoms with E-state index in [0.717, 1.165) is 11.1 Å². The highest BCUT2D eigenvalue weighted by molar-refractivity contribution is 7.92. The number of hydrogen-bond donors (Lipinski definition) is 3. The number of sulfonamides is 1. The second kappa shape index (κ2) is 5.48. The van der Waals surface area contributed by atoms with Gasteiger partial charge in [0, 0.05) is 11.9 Å². The highest BCUT2D eigenvalue weighted by Crippen LogP contribution is 2.22. The van der Waals surface area contributed by atoms with E-state index in [4.69, 9.17) is 5.84 Å². The van der Waals surface area contributed by atoms with E-state index in [0.29, 0.717) is 5.69 Å². The summed E-state index contributed by atoms with van der Waals surface area (Å²) in [5.74, 6) is 5.39. The molecule has 0 unspecified atom stereocenters. The zero-order chi connectivity index (χ0) is 14.8. The quantitative estimate of drug-likeness (QED) is 0.589. The number of nitrogens with one attached hydrogen (secondary N) is 2. The Morgan fingerprint density at radius 1 is 1.15 bits per heavy atom. The van der Waals surface area contributed by atoms with Crippen LogP contribution >= 0.6 is 0 Å². The SMILES string of the molecule is Cc1cc(C)cc(NS(=O)(=O)c2cccnc2NN)c1. The van der Waals surface area contributed by atoms with E-state index in [1.54, 1.807) is 12.1 Å². The van der Waals surface area contributed by atoms with E-state index < -0.39 is 10.0 Å². The molecule has 2 rings (SSSR count). The summed E-state index contributed by atoms with van der Waals surface area (Å²) in [7, 11) is -3.74. The van der Waals surface area contributed by atoms with Crippen LogP contribution in [-0.2, 0) is 10.0 Å². The molecule has 0 saturated heterocycles. The van der Waals surface area contributed by atoms with Gasteiger partial charge in [0.25, 0.3) is 10.0 Å². The molecule has 0 radical (unpaired) electrons. The van der Waals surface area contributed by atoms with Crippen LogP contribution in [0.3, 0.4) is 0 Å². The van der Waals surface area contributed by atoms with Crippen molar-refractivity contribution in [2.24, 2.45) is 5.84 Å². The standard InChI is InChI=1S/C13H16N4O2S/c1-9-6-10(2)8-11(7-9)17-20(18,19)12-4-3-5-15-13(12)16-14/h3-8,17H,14H2,1-2H3,(H,15,16). The largest absolute Gasteiger partial charge is 0.307 e. The van der Waals surface area contributed by atoms with Crippen molar-refractivity contribution < 1.29 is 8.42 Å². The highest BCUT2D eigenvalue weighted by atomic mass is 32.2. The molecular weight excluding hydrogens is 276 g/mol. The molecule has 0 spiro atoms. The topological polar surface area (TPSA) is 97.1 Å². The Morgan fingerprint density at radius 3 is 2.40 bits per heavy atom. The van der Waals surface area contributed by atoms with Crippen molar-refractivity contribution in [3.05, 3.63) is 47.7 Å². The van der Waals surface area contributed by atoms with E-state index in [-0.39, 0.29) is 10.7 Å². The van der Waals surface area contributed by atoms with Gasteiger partial charge in [0.15, 0.2) is 5.82 Å². The molecule has 1 aromatic heterocycles. The average Bonchev–Trinajstić information content (AvgIpc) is 2.36. The zero-order valence-corrected chi connectivity index (χ0v) is 12.0. The number of nitrogens with two attached hydrogens (primary N) is 1. The Bertz CT molecular complexity index is 709. The maximum absolute atomic E-state index is 12.4. The minimum absolute atomic E-state index is 0.00154. The molecule has 20 heavy (non-hydrogen) atoms. The lowest BCUT2D eigenvalue weighted by Crippen LogP contribution is -2.18. The van der Waals surface area contributed by atoms with Crippen molar-refractivity contribution in [3.8, 4) is 0 Å². The molecule has 1 heterocycles. The van der Waals surface area contributed by atoms with Gasteiger partial charge in [-0.3, -0.25) is 4.72 Å². The second-order valence-electron chi connectivity index (χ2n) is 4.48. The molecule has 4 N–H and O–H groups in total. The van der Waals surface area contributed by atoms with Crippen molar-refractivity contribution >= 4 is 21.5 Å². The van der Waals surface area contributed by atoms with Crippen LogP contribution < -0.4 is 16.0 Å². The lowest BCUT2D eigenvalue weighted by atomic mass is 10.1. The number of hydrogen-bond acceptors (Lipinski definition) is 5. The maximum Gasteiger partial charge on any atom is 0.265 e. The van der Waals surface area contributed by atoms with Gasteiger partial charge in [-0.2, -0.15) is 0 Å². The third-order valence-corrected chi connectivity index (χ3v) is 4.08. The Kier molecular flexibility index (Phi) is 3.91. The van der Waals surface area contributed by atoms with Crippen LogP contribution in [0, 0.1) is 13.8 Å². The second-order valence-corrected chi connectivity index (χ2v) is 6.13. The molecule has 6 nitrogen and oxygen atoms in total. The number of rotatable bonds is 4. The highest BCUT2D eigenvalue weighted by Gasteiger charge is 2.19. The average molecular weight is 292 g/mol. The number of nitrogens with zero attached hydrogens (tertiary/aromatic N) is 1. The summed E-state index contributed by atoms with van der Waals surface area (Å²) >= 11 is 0. The first kappa shape index (κ1) is 14.3. The lowest BCUT2D eigenvalue weighted by Gasteiger charge is -2.12. The van der Waals surface area contributed by atoms with Gasteiger partial charge in [-0.25, -0.2) is 19.2 Å². The molecule has 2 aromatic rings. The predicted molar refractivity (Wildman–Crippen MR) is 78.8 cm³/mol. The van der Waals surface area contributed by atoms with E-state index in [9.17, 15) is 8.42 Å². The molecule has 0 amide bonds. The molecule has 7 heteroatoms.